The van der Waals surface area contributed by atoms with Crippen molar-refractivity contribution in [2.75, 3.05) is 31.1 Å². The Morgan fingerprint density at radius 2 is 1.82 bits per heavy atom. The maximum absolute atomic E-state index is 14.0. The van der Waals surface area contributed by atoms with E-state index < -0.39 is 0 Å². The second kappa shape index (κ2) is 7.28. The zero-order chi connectivity index (χ0) is 19.8. The number of halogens is 1. The van der Waals surface area contributed by atoms with Gasteiger partial charge in [0.1, 0.15) is 17.3 Å². The van der Waals surface area contributed by atoms with E-state index in [-0.39, 0.29) is 17.3 Å². The number of phenolic OH excluding ortho intramolecular Hbond substituents is 1. The van der Waals surface area contributed by atoms with Crippen molar-refractivity contribution < 1.29 is 19.0 Å². The van der Waals surface area contributed by atoms with Gasteiger partial charge in [-0.15, -0.1) is 0 Å². The Morgan fingerprint density at radius 1 is 1.11 bits per heavy atom. The van der Waals surface area contributed by atoms with Crippen molar-refractivity contribution in [1.82, 2.24) is 4.90 Å². The molecule has 0 aromatic heterocycles. The quantitative estimate of drug-likeness (QED) is 0.820. The first-order chi connectivity index (χ1) is 13.5. The fourth-order valence-corrected chi connectivity index (χ4v) is 3.74. The first-order valence-corrected chi connectivity index (χ1v) is 9.42. The second-order valence-electron chi connectivity index (χ2n) is 7.41. The Hall–Kier alpha value is -2.86. The molecule has 1 fully saturated rings. The summed E-state index contributed by atoms with van der Waals surface area (Å²) in [6.45, 7) is 6.97. The van der Waals surface area contributed by atoms with E-state index in [1.807, 2.05) is 24.8 Å². The minimum atomic E-state index is -0.212. The Labute approximate surface area is 163 Å². The van der Waals surface area contributed by atoms with Crippen LogP contribution in [0, 0.1) is 5.82 Å². The number of hydrogen-bond donors (Lipinski definition) is 1. The van der Waals surface area contributed by atoms with Gasteiger partial charge in [-0.2, -0.15) is 0 Å². The maximum atomic E-state index is 14.0. The number of piperazine rings is 1. The van der Waals surface area contributed by atoms with Crippen LogP contribution in [0.15, 0.2) is 47.7 Å². The molecule has 2 heterocycles. The number of nitrogens with zero attached hydrogens (tertiary/aromatic N) is 2. The third kappa shape index (κ3) is 3.24. The van der Waals surface area contributed by atoms with Crippen LogP contribution in [0.4, 0.5) is 10.1 Å². The molecule has 2 aromatic carbocycles. The number of benzene rings is 2. The molecule has 0 unspecified atom stereocenters. The minimum absolute atomic E-state index is 0.123. The Morgan fingerprint density at radius 3 is 2.50 bits per heavy atom. The molecule has 0 aliphatic carbocycles. The number of rotatable bonds is 3. The van der Waals surface area contributed by atoms with Crippen molar-refractivity contribution in [2.24, 2.45) is 0 Å². The molecule has 0 atom stereocenters. The molecule has 1 saturated heterocycles. The van der Waals surface area contributed by atoms with Gasteiger partial charge < -0.3 is 14.7 Å². The van der Waals surface area contributed by atoms with Crippen molar-refractivity contribution in [3.05, 3.63) is 64.7 Å². The summed E-state index contributed by atoms with van der Waals surface area (Å²) in [7, 11) is 0. The van der Waals surface area contributed by atoms with E-state index in [9.17, 15) is 14.3 Å². The fraction of sp³-hybridized carbons (Fsp3) is 0.318. The largest absolute Gasteiger partial charge is 0.507 e. The van der Waals surface area contributed by atoms with Gasteiger partial charge in [-0.3, -0.25) is 9.69 Å². The van der Waals surface area contributed by atoms with Crippen LogP contribution in [0.3, 0.4) is 0 Å². The number of fused-ring (bicyclic) bond motifs is 1. The predicted octanol–water partition coefficient (Wildman–Crippen LogP) is 3.72. The van der Waals surface area contributed by atoms with Crippen molar-refractivity contribution >= 4 is 11.5 Å². The van der Waals surface area contributed by atoms with Crippen LogP contribution in [0.5, 0.6) is 11.5 Å². The van der Waals surface area contributed by atoms with E-state index in [1.165, 1.54) is 6.07 Å². The van der Waals surface area contributed by atoms with Gasteiger partial charge in [-0.25, -0.2) is 4.39 Å². The zero-order valence-corrected chi connectivity index (χ0v) is 16.0. The number of ketones is 1. The van der Waals surface area contributed by atoms with Gasteiger partial charge in [0.25, 0.3) is 0 Å². The molecule has 1 N–H and O–H groups in total. The van der Waals surface area contributed by atoms with Crippen molar-refractivity contribution in [2.45, 2.75) is 20.4 Å². The first-order valence-electron chi connectivity index (χ1n) is 9.42. The number of aromatic hydroxyl groups is 1. The topological polar surface area (TPSA) is 53.0 Å². The van der Waals surface area contributed by atoms with Crippen LogP contribution in [-0.2, 0) is 6.54 Å². The van der Waals surface area contributed by atoms with Crippen molar-refractivity contribution in [3.63, 3.8) is 0 Å². The normalized spacial score (nSPS) is 16.9. The first kappa shape index (κ1) is 18.5. The van der Waals surface area contributed by atoms with E-state index in [4.69, 9.17) is 4.74 Å². The minimum Gasteiger partial charge on any atom is -0.507 e. The highest BCUT2D eigenvalue weighted by Crippen LogP contribution is 2.40. The van der Waals surface area contributed by atoms with E-state index in [0.717, 1.165) is 18.7 Å². The van der Waals surface area contributed by atoms with Crippen LogP contribution in [-0.4, -0.2) is 42.0 Å². The second-order valence-corrected chi connectivity index (χ2v) is 7.41. The highest BCUT2D eigenvalue weighted by Gasteiger charge is 2.32. The number of hydrogen-bond acceptors (Lipinski definition) is 5. The Bertz CT molecular complexity index is 958. The number of carbonyl (C=O) groups is 1. The maximum Gasteiger partial charge on any atom is 0.231 e. The lowest BCUT2D eigenvalue weighted by Gasteiger charge is -2.36. The number of ether oxygens (including phenoxy) is 1. The lowest BCUT2D eigenvalue weighted by Crippen LogP contribution is -2.46. The molecule has 5 nitrogen and oxygen atoms in total. The predicted molar refractivity (Wildman–Crippen MR) is 105 cm³/mol. The third-order valence-corrected chi connectivity index (χ3v) is 5.29. The molecule has 4 rings (SSSR count). The summed E-state index contributed by atoms with van der Waals surface area (Å²) >= 11 is 0. The number of phenols is 1. The van der Waals surface area contributed by atoms with E-state index in [1.54, 1.807) is 24.3 Å². The van der Waals surface area contributed by atoms with Gasteiger partial charge in [0, 0.05) is 32.7 Å². The number of anilines is 1. The van der Waals surface area contributed by atoms with Crippen LogP contribution in [0.25, 0.3) is 0 Å². The van der Waals surface area contributed by atoms with Crippen LogP contribution >= 0.6 is 0 Å². The number of carbonyl (C=O) groups excluding carboxylic acids is 1. The number of allylic oxidation sites excluding steroid dienone is 2. The fourth-order valence-electron chi connectivity index (χ4n) is 3.74. The molecule has 0 saturated carbocycles. The van der Waals surface area contributed by atoms with Crippen LogP contribution in [0.1, 0.15) is 29.8 Å². The molecule has 28 heavy (non-hydrogen) atoms. The van der Waals surface area contributed by atoms with E-state index in [0.29, 0.717) is 48.0 Å². The van der Waals surface area contributed by atoms with Crippen LogP contribution in [0.2, 0.25) is 0 Å². The third-order valence-electron chi connectivity index (χ3n) is 5.29. The standard InChI is InChI=1S/C22H23FN2O3/c1-14(2)21-20(27)15-7-8-19(26)16(22(15)28-21)13-24-9-11-25(12-10-24)18-6-4-3-5-17(18)23/h3-8,26H,9-13H2,1-2H3. The average molecular weight is 382 g/mol. The highest BCUT2D eigenvalue weighted by atomic mass is 19.1. The molecule has 0 radical (unpaired) electrons. The summed E-state index contributed by atoms with van der Waals surface area (Å²) in [6, 6.07) is 9.96. The van der Waals surface area contributed by atoms with Gasteiger partial charge in [-0.1, -0.05) is 12.1 Å². The molecular weight excluding hydrogens is 359 g/mol. The van der Waals surface area contributed by atoms with Gasteiger partial charge in [-0.05, 0) is 43.7 Å². The molecule has 0 amide bonds. The van der Waals surface area contributed by atoms with Gasteiger partial charge in [0.05, 0.1) is 16.8 Å². The average Bonchev–Trinajstić information content (AvgIpc) is 3.02. The van der Waals surface area contributed by atoms with Gasteiger partial charge >= 0.3 is 0 Å². The highest BCUT2D eigenvalue weighted by molar-refractivity contribution is 6.13. The molecule has 2 aromatic rings. The number of Topliss-reactive ketones (excluding diaryl/α,β-unsaturated/α-hetero) is 1. The lowest BCUT2D eigenvalue weighted by atomic mass is 10.0. The smallest absolute Gasteiger partial charge is 0.231 e. The van der Waals surface area contributed by atoms with Crippen molar-refractivity contribution in [1.29, 1.82) is 0 Å². The molecule has 2 aliphatic rings. The van der Waals surface area contributed by atoms with E-state index in [2.05, 4.69) is 4.90 Å². The summed E-state index contributed by atoms with van der Waals surface area (Å²) < 4.78 is 19.8. The monoisotopic (exact) mass is 382 g/mol. The molecule has 146 valence electrons. The van der Waals surface area contributed by atoms with Gasteiger partial charge in [0.15, 0.2) is 5.76 Å². The Kier molecular flexibility index (Phi) is 4.81. The molecule has 0 spiro atoms. The molecule has 2 aliphatic heterocycles. The summed E-state index contributed by atoms with van der Waals surface area (Å²) in [4.78, 5) is 16.7. The van der Waals surface area contributed by atoms with E-state index >= 15 is 0 Å². The summed E-state index contributed by atoms with van der Waals surface area (Å²) in [6.07, 6.45) is 0. The zero-order valence-electron chi connectivity index (χ0n) is 16.0. The van der Waals surface area contributed by atoms with Crippen LogP contribution < -0.4 is 9.64 Å². The summed E-state index contributed by atoms with van der Waals surface area (Å²) in [5.74, 6) is 0.568. The lowest BCUT2D eigenvalue weighted by molar-refractivity contribution is 0.101. The van der Waals surface area contributed by atoms with Crippen molar-refractivity contribution in [3.8, 4) is 11.5 Å². The number of para-hydroxylation sites is 1. The molecular formula is C22H23FN2O3. The van der Waals surface area contributed by atoms with Gasteiger partial charge in [0.2, 0.25) is 5.78 Å². The molecule has 6 heteroatoms. The SMILES string of the molecule is CC(C)=C1Oc2c(ccc(O)c2CN2CCN(c3ccccc3F)CC2)C1=O. The summed E-state index contributed by atoms with van der Waals surface area (Å²) in [5, 5.41) is 10.4. The Balaban J connectivity index is 1.51. The summed E-state index contributed by atoms with van der Waals surface area (Å²) in [5.41, 5.74) is 2.55. The molecule has 0 bridgehead atoms.